The second-order valence-electron chi connectivity index (χ2n) is 15.6. The molecule has 2 amide bonds. The number of nitrogens with zero attached hydrogens (tertiary/aromatic N) is 1. The average molecular weight is 653 g/mol. The summed E-state index contributed by atoms with van der Waals surface area (Å²) in [5.74, 6) is 0.667. The third-order valence-corrected chi connectivity index (χ3v) is 14.2. The molecule has 0 unspecified atom stereocenters. The highest BCUT2D eigenvalue weighted by Crippen LogP contribution is 2.46. The Hall–Kier alpha value is -2.88. The van der Waals surface area contributed by atoms with Gasteiger partial charge >= 0.3 is 6.09 Å². The van der Waals surface area contributed by atoms with E-state index >= 15 is 0 Å². The first kappa shape index (κ1) is 36.0. The van der Waals surface area contributed by atoms with Crippen LogP contribution in [0.1, 0.15) is 85.1 Å². The van der Waals surface area contributed by atoms with Crippen molar-refractivity contribution in [3.63, 3.8) is 0 Å². The van der Waals surface area contributed by atoms with Gasteiger partial charge in [0.05, 0.1) is 13.7 Å². The largest absolute Gasteiger partial charge is 0.497 e. The molecule has 0 aromatic heterocycles. The van der Waals surface area contributed by atoms with Gasteiger partial charge in [-0.05, 0) is 90.9 Å². The summed E-state index contributed by atoms with van der Waals surface area (Å²) < 4.78 is 17.5. The van der Waals surface area contributed by atoms with Crippen molar-refractivity contribution in [2.45, 2.75) is 121 Å². The number of methoxy groups -OCH3 is 2. The lowest BCUT2D eigenvalue weighted by molar-refractivity contribution is -0.138. The highest BCUT2D eigenvalue weighted by atomic mass is 28.4. The summed E-state index contributed by atoms with van der Waals surface area (Å²) in [5.41, 5.74) is 1.84. The third-order valence-electron chi connectivity index (χ3n) is 10.6. The van der Waals surface area contributed by atoms with Crippen LogP contribution in [-0.4, -0.2) is 69.0 Å². The van der Waals surface area contributed by atoms with Gasteiger partial charge in [0.2, 0.25) is 5.91 Å². The normalized spacial score (nSPS) is 21.7. The van der Waals surface area contributed by atoms with Gasteiger partial charge in [-0.25, -0.2) is 4.79 Å². The zero-order valence-corrected chi connectivity index (χ0v) is 30.4. The maximum absolute atomic E-state index is 14.6. The quantitative estimate of drug-likeness (QED) is 0.242. The number of nitrogens with one attached hydrogen (secondary N) is 1. The van der Waals surface area contributed by atoms with Crippen LogP contribution in [0.5, 0.6) is 5.75 Å². The molecule has 1 saturated heterocycles. The predicted octanol–water partition coefficient (Wildman–Crippen LogP) is 7.65. The average Bonchev–Trinajstić information content (AvgIpc) is 3.66. The van der Waals surface area contributed by atoms with E-state index in [4.69, 9.17) is 14.2 Å². The molecule has 0 bridgehead atoms. The van der Waals surface area contributed by atoms with Crippen LogP contribution in [0.25, 0.3) is 11.1 Å². The molecule has 3 atom stereocenters. The number of hydrogen-bond donors (Lipinski definition) is 2. The molecule has 2 aromatic carbocycles. The molecule has 1 aliphatic heterocycles. The summed E-state index contributed by atoms with van der Waals surface area (Å²) in [4.78, 5) is 40.6. The highest BCUT2D eigenvalue weighted by molar-refractivity contribution is 6.72. The molecule has 0 radical (unpaired) electrons. The number of benzene rings is 2. The lowest BCUT2D eigenvalue weighted by Crippen LogP contribution is -2.56. The Bertz CT molecular complexity index is 1340. The number of ether oxygens (including phenoxy) is 3. The SMILES string of the molecule is COc1cccc(-c2ccc([C@]3(OC)C[C@@H](CCC(C)(C)[Si](C)(C)O)N(C(=O)[C@@H](NC(=O)OC4CCCC4)C(C)(C)C)C3)cc2)c1. The summed E-state index contributed by atoms with van der Waals surface area (Å²) in [6.07, 6.45) is 5.31. The minimum Gasteiger partial charge on any atom is -0.497 e. The second-order valence-corrected chi connectivity index (χ2v) is 20.0. The van der Waals surface area contributed by atoms with Gasteiger partial charge in [0, 0.05) is 19.6 Å². The molecule has 1 aliphatic carbocycles. The fourth-order valence-electron chi connectivity index (χ4n) is 6.68. The number of hydrogen-bond acceptors (Lipinski definition) is 6. The van der Waals surface area contributed by atoms with Crippen molar-refractivity contribution in [3.8, 4) is 16.9 Å². The van der Waals surface area contributed by atoms with E-state index in [1.165, 1.54) is 0 Å². The van der Waals surface area contributed by atoms with E-state index in [0.29, 0.717) is 19.4 Å². The van der Waals surface area contributed by atoms with Crippen molar-refractivity contribution in [1.82, 2.24) is 10.2 Å². The number of rotatable bonds is 11. The topological polar surface area (TPSA) is 97.3 Å². The van der Waals surface area contributed by atoms with Gasteiger partial charge < -0.3 is 29.2 Å². The number of amides is 2. The van der Waals surface area contributed by atoms with Gasteiger partial charge in [0.1, 0.15) is 23.5 Å². The Morgan fingerprint density at radius 1 is 1.02 bits per heavy atom. The van der Waals surface area contributed by atoms with Crippen LogP contribution in [0.2, 0.25) is 18.1 Å². The zero-order chi connectivity index (χ0) is 33.9. The molecule has 8 nitrogen and oxygen atoms in total. The first-order valence-electron chi connectivity index (χ1n) is 16.8. The Balaban J connectivity index is 1.64. The van der Waals surface area contributed by atoms with E-state index in [0.717, 1.165) is 54.5 Å². The number of alkyl carbamates (subject to hydrolysis) is 1. The van der Waals surface area contributed by atoms with Crippen molar-refractivity contribution < 1.29 is 28.6 Å². The van der Waals surface area contributed by atoms with Crippen LogP contribution in [0.4, 0.5) is 4.79 Å². The summed E-state index contributed by atoms with van der Waals surface area (Å²) in [6, 6.07) is 15.4. The molecule has 46 heavy (non-hydrogen) atoms. The molecule has 4 rings (SSSR count). The molecule has 2 fully saturated rings. The number of carbonyl (C=O) groups excluding carboxylic acids is 2. The van der Waals surface area contributed by atoms with E-state index in [9.17, 15) is 14.4 Å². The minimum absolute atomic E-state index is 0.0930. The van der Waals surface area contributed by atoms with Gasteiger partial charge in [-0.15, -0.1) is 0 Å². The van der Waals surface area contributed by atoms with Gasteiger partial charge in [-0.3, -0.25) is 4.79 Å². The predicted molar refractivity (Wildman–Crippen MR) is 185 cm³/mol. The Morgan fingerprint density at radius 3 is 2.24 bits per heavy atom. The first-order valence-corrected chi connectivity index (χ1v) is 19.7. The molecular weight excluding hydrogens is 597 g/mol. The monoisotopic (exact) mass is 652 g/mol. The van der Waals surface area contributed by atoms with Gasteiger partial charge in [0.15, 0.2) is 8.32 Å². The van der Waals surface area contributed by atoms with Crippen molar-refractivity contribution in [2.24, 2.45) is 5.41 Å². The Morgan fingerprint density at radius 2 is 1.67 bits per heavy atom. The Kier molecular flexibility index (Phi) is 11.0. The van der Waals surface area contributed by atoms with Crippen LogP contribution in [0.15, 0.2) is 48.5 Å². The van der Waals surface area contributed by atoms with Gasteiger partial charge in [-0.1, -0.05) is 71.0 Å². The van der Waals surface area contributed by atoms with E-state index in [-0.39, 0.29) is 23.1 Å². The maximum atomic E-state index is 14.6. The molecule has 2 N–H and O–H groups in total. The second kappa shape index (κ2) is 14.1. The van der Waals surface area contributed by atoms with Crippen molar-refractivity contribution in [3.05, 3.63) is 54.1 Å². The van der Waals surface area contributed by atoms with E-state index < -0.39 is 31.5 Å². The minimum atomic E-state index is -2.47. The van der Waals surface area contributed by atoms with Crippen LogP contribution in [0, 0.1) is 5.41 Å². The molecule has 254 valence electrons. The van der Waals surface area contributed by atoms with Gasteiger partial charge in [-0.2, -0.15) is 0 Å². The molecule has 9 heteroatoms. The van der Waals surface area contributed by atoms with Crippen LogP contribution < -0.4 is 10.1 Å². The summed E-state index contributed by atoms with van der Waals surface area (Å²) in [5, 5.41) is 2.72. The maximum Gasteiger partial charge on any atom is 0.408 e. The Labute approximate surface area is 277 Å². The standard InChI is InChI=1S/C37H56N2O6Si/c1-35(2,3)32(38-34(41)45-30-14-10-11-15-30)33(40)39-25-37(44-7,24-29(39)21-22-36(4,5)46(8,9)42)28-19-17-26(18-20-28)27-13-12-16-31(23-27)43-6/h12-13,16-20,23,29-30,32,42H,10-11,14-15,21-22,24-25H2,1-9H3,(H,38,41)/t29-,32-,37+/m1/s1. The number of carbonyl (C=O) groups is 2. The molecule has 1 saturated carbocycles. The summed E-state index contributed by atoms with van der Waals surface area (Å²) in [7, 11) is 0.911. The zero-order valence-electron chi connectivity index (χ0n) is 29.4. The van der Waals surface area contributed by atoms with E-state index in [2.05, 4.69) is 49.5 Å². The van der Waals surface area contributed by atoms with Crippen molar-refractivity contribution in [2.75, 3.05) is 20.8 Å². The highest BCUT2D eigenvalue weighted by Gasteiger charge is 2.51. The van der Waals surface area contributed by atoms with Crippen LogP contribution in [0.3, 0.4) is 0 Å². The molecule has 2 aliphatic rings. The van der Waals surface area contributed by atoms with Crippen molar-refractivity contribution >= 4 is 20.3 Å². The summed E-state index contributed by atoms with van der Waals surface area (Å²) >= 11 is 0. The van der Waals surface area contributed by atoms with Crippen LogP contribution >= 0.6 is 0 Å². The molecule has 0 spiro atoms. The molecule has 1 heterocycles. The van der Waals surface area contributed by atoms with Crippen molar-refractivity contribution in [1.29, 1.82) is 0 Å². The lowest BCUT2D eigenvalue weighted by Gasteiger charge is -2.38. The van der Waals surface area contributed by atoms with Gasteiger partial charge in [0.25, 0.3) is 0 Å². The number of likely N-dealkylation sites (tertiary alicyclic amines) is 1. The smallest absolute Gasteiger partial charge is 0.408 e. The fraction of sp³-hybridized carbons (Fsp3) is 0.622. The van der Waals surface area contributed by atoms with E-state index in [1.54, 1.807) is 14.2 Å². The van der Waals surface area contributed by atoms with Crippen LogP contribution in [-0.2, 0) is 19.9 Å². The summed E-state index contributed by atoms with van der Waals surface area (Å²) in [6.45, 7) is 14.5. The van der Waals surface area contributed by atoms with E-state index in [1.807, 2.05) is 57.0 Å². The molecule has 2 aromatic rings. The fourth-order valence-corrected chi connectivity index (χ4v) is 7.43. The molecular formula is C37H56N2O6Si. The first-order chi connectivity index (χ1) is 21.5. The lowest BCUT2D eigenvalue weighted by atomic mass is 9.85. The third kappa shape index (κ3) is 8.15.